The minimum Gasteiger partial charge on any atom is -0.368 e. The highest BCUT2D eigenvalue weighted by molar-refractivity contribution is 5.65. The normalized spacial score (nSPS) is 10.3. The number of aromatic amines is 1. The van der Waals surface area contributed by atoms with Crippen LogP contribution in [0.1, 0.15) is 5.56 Å². The van der Waals surface area contributed by atoms with Crippen molar-refractivity contribution in [2.75, 3.05) is 30.0 Å². The molecule has 4 N–H and O–H groups in total. The van der Waals surface area contributed by atoms with Gasteiger partial charge in [-0.1, -0.05) is 0 Å². The third-order valence-corrected chi connectivity index (χ3v) is 2.41. The molecule has 0 atom stereocenters. The van der Waals surface area contributed by atoms with Crippen LogP contribution in [-0.2, 0) is 0 Å². The van der Waals surface area contributed by atoms with Crippen molar-refractivity contribution in [2.45, 2.75) is 6.92 Å². The van der Waals surface area contributed by atoms with Crippen LogP contribution in [-0.4, -0.2) is 29.0 Å². The molecule has 2 heterocycles. The zero-order valence-electron chi connectivity index (χ0n) is 10.2. The Kier molecular flexibility index (Phi) is 2.86. The molecule has 17 heavy (non-hydrogen) atoms. The average Bonchev–Trinajstić information content (AvgIpc) is 2.75. The van der Waals surface area contributed by atoms with Crippen LogP contribution in [0.25, 0.3) is 0 Å². The molecule has 6 nitrogen and oxygen atoms in total. The molecule has 0 aliphatic carbocycles. The standard InChI is InChI=1S/C11H16N6/c1-7-9(14-8-5-4-6-13-8)15-11(12)16-10(7)17(2)3/h4-6,13H,1-3H3,(H3,12,14,15,16). The molecule has 0 aliphatic heterocycles. The van der Waals surface area contributed by atoms with Crippen molar-refractivity contribution >= 4 is 23.4 Å². The number of rotatable bonds is 3. The number of nitrogen functional groups attached to an aromatic ring is 1. The topological polar surface area (TPSA) is 82.9 Å². The van der Waals surface area contributed by atoms with Gasteiger partial charge in [0, 0.05) is 25.9 Å². The number of nitrogens with zero attached hydrogens (tertiary/aromatic N) is 3. The molecule has 0 radical (unpaired) electrons. The zero-order valence-corrected chi connectivity index (χ0v) is 10.2. The average molecular weight is 232 g/mol. The van der Waals surface area contributed by atoms with Crippen LogP contribution < -0.4 is 16.0 Å². The largest absolute Gasteiger partial charge is 0.368 e. The van der Waals surface area contributed by atoms with Gasteiger partial charge in [-0.25, -0.2) is 0 Å². The fourth-order valence-electron chi connectivity index (χ4n) is 1.61. The van der Waals surface area contributed by atoms with E-state index in [9.17, 15) is 0 Å². The van der Waals surface area contributed by atoms with E-state index in [4.69, 9.17) is 5.73 Å². The molecule has 0 aliphatic rings. The van der Waals surface area contributed by atoms with Crippen LogP contribution in [0.5, 0.6) is 0 Å². The number of H-pyrrole nitrogens is 1. The first-order valence-corrected chi connectivity index (χ1v) is 5.30. The lowest BCUT2D eigenvalue weighted by Crippen LogP contribution is -2.15. The Morgan fingerprint density at radius 3 is 2.71 bits per heavy atom. The molecule has 2 aromatic heterocycles. The van der Waals surface area contributed by atoms with Gasteiger partial charge in [0.05, 0.1) is 0 Å². The number of anilines is 4. The predicted octanol–water partition coefficient (Wildman–Crippen LogP) is 1.50. The molecule has 0 saturated heterocycles. The highest BCUT2D eigenvalue weighted by atomic mass is 15.2. The Morgan fingerprint density at radius 1 is 1.35 bits per heavy atom. The van der Waals surface area contributed by atoms with Gasteiger partial charge in [0.15, 0.2) is 0 Å². The monoisotopic (exact) mass is 232 g/mol. The smallest absolute Gasteiger partial charge is 0.223 e. The van der Waals surface area contributed by atoms with Crippen molar-refractivity contribution in [3.05, 3.63) is 23.9 Å². The molecule has 0 aromatic carbocycles. The highest BCUT2D eigenvalue weighted by Gasteiger charge is 2.11. The number of hydrogen-bond acceptors (Lipinski definition) is 5. The van der Waals surface area contributed by atoms with Gasteiger partial charge in [0.1, 0.15) is 17.5 Å². The van der Waals surface area contributed by atoms with Gasteiger partial charge in [0.25, 0.3) is 0 Å². The van der Waals surface area contributed by atoms with E-state index >= 15 is 0 Å². The summed E-state index contributed by atoms with van der Waals surface area (Å²) < 4.78 is 0. The van der Waals surface area contributed by atoms with Crippen molar-refractivity contribution in [3.63, 3.8) is 0 Å². The van der Waals surface area contributed by atoms with Gasteiger partial charge in [-0.15, -0.1) is 0 Å². The minimum absolute atomic E-state index is 0.258. The van der Waals surface area contributed by atoms with Gasteiger partial charge in [-0.05, 0) is 19.1 Å². The summed E-state index contributed by atoms with van der Waals surface area (Å²) in [6.07, 6.45) is 1.84. The molecule has 6 heteroatoms. The third-order valence-electron chi connectivity index (χ3n) is 2.41. The van der Waals surface area contributed by atoms with Gasteiger partial charge in [-0.3, -0.25) is 0 Å². The molecular weight excluding hydrogens is 216 g/mol. The summed E-state index contributed by atoms with van der Waals surface area (Å²) in [5, 5.41) is 3.17. The summed E-state index contributed by atoms with van der Waals surface area (Å²) in [7, 11) is 3.85. The lowest BCUT2D eigenvalue weighted by atomic mass is 10.3. The number of nitrogens with one attached hydrogen (secondary N) is 2. The van der Waals surface area contributed by atoms with Gasteiger partial charge >= 0.3 is 0 Å². The van der Waals surface area contributed by atoms with E-state index in [-0.39, 0.29) is 5.95 Å². The Morgan fingerprint density at radius 2 is 2.12 bits per heavy atom. The third kappa shape index (κ3) is 2.30. The fraction of sp³-hybridized carbons (Fsp3) is 0.273. The van der Waals surface area contributed by atoms with Crippen molar-refractivity contribution < 1.29 is 0 Å². The van der Waals surface area contributed by atoms with E-state index in [1.54, 1.807) is 0 Å². The molecular formula is C11H16N6. The SMILES string of the molecule is Cc1c(Nc2ccc[nH]2)nc(N)nc1N(C)C. The van der Waals surface area contributed by atoms with E-state index in [0.29, 0.717) is 5.82 Å². The van der Waals surface area contributed by atoms with Crippen molar-refractivity contribution in [2.24, 2.45) is 0 Å². The van der Waals surface area contributed by atoms with Crippen LogP contribution in [0.4, 0.5) is 23.4 Å². The van der Waals surface area contributed by atoms with Crippen LogP contribution in [0.2, 0.25) is 0 Å². The van der Waals surface area contributed by atoms with E-state index in [2.05, 4.69) is 20.3 Å². The number of nitrogens with two attached hydrogens (primary N) is 1. The van der Waals surface area contributed by atoms with Crippen LogP contribution in [0, 0.1) is 6.92 Å². The first kappa shape index (κ1) is 11.3. The molecule has 0 amide bonds. The van der Waals surface area contributed by atoms with E-state index < -0.39 is 0 Å². The first-order valence-electron chi connectivity index (χ1n) is 5.30. The Balaban J connectivity index is 2.40. The molecule has 90 valence electrons. The second-order valence-corrected chi connectivity index (χ2v) is 3.98. The zero-order chi connectivity index (χ0) is 12.4. The predicted molar refractivity (Wildman–Crippen MR) is 69.6 cm³/mol. The molecule has 0 unspecified atom stereocenters. The quantitative estimate of drug-likeness (QED) is 0.747. The summed E-state index contributed by atoms with van der Waals surface area (Å²) in [5.41, 5.74) is 6.65. The molecule has 2 rings (SSSR count). The van der Waals surface area contributed by atoms with Crippen molar-refractivity contribution in [1.29, 1.82) is 0 Å². The van der Waals surface area contributed by atoms with Gasteiger partial charge < -0.3 is 20.9 Å². The second kappa shape index (κ2) is 4.32. The Bertz CT molecular complexity index is 503. The Hall–Kier alpha value is -2.24. The molecule has 0 bridgehead atoms. The summed E-state index contributed by atoms with van der Waals surface area (Å²) in [6.45, 7) is 1.96. The van der Waals surface area contributed by atoms with Gasteiger partial charge in [0.2, 0.25) is 5.95 Å². The lowest BCUT2D eigenvalue weighted by molar-refractivity contribution is 1.02. The van der Waals surface area contributed by atoms with E-state index in [1.165, 1.54) is 0 Å². The second-order valence-electron chi connectivity index (χ2n) is 3.98. The van der Waals surface area contributed by atoms with Crippen molar-refractivity contribution in [1.82, 2.24) is 15.0 Å². The molecule has 0 fully saturated rings. The summed E-state index contributed by atoms with van der Waals surface area (Å²) in [4.78, 5) is 13.4. The van der Waals surface area contributed by atoms with Crippen LogP contribution >= 0.6 is 0 Å². The lowest BCUT2D eigenvalue weighted by Gasteiger charge is -2.17. The fourth-order valence-corrected chi connectivity index (χ4v) is 1.61. The maximum Gasteiger partial charge on any atom is 0.223 e. The summed E-state index contributed by atoms with van der Waals surface area (Å²) >= 11 is 0. The Labute approximate surface area is 99.9 Å². The van der Waals surface area contributed by atoms with E-state index in [0.717, 1.165) is 17.2 Å². The number of aromatic nitrogens is 3. The summed E-state index contributed by atoms with van der Waals surface area (Å²) in [6, 6.07) is 3.84. The highest BCUT2D eigenvalue weighted by Crippen LogP contribution is 2.24. The first-order chi connectivity index (χ1) is 8.08. The van der Waals surface area contributed by atoms with Crippen molar-refractivity contribution in [3.8, 4) is 0 Å². The molecule has 0 saturated carbocycles. The van der Waals surface area contributed by atoms with Crippen LogP contribution in [0.15, 0.2) is 18.3 Å². The summed E-state index contributed by atoms with van der Waals surface area (Å²) in [5.74, 6) is 2.65. The minimum atomic E-state index is 0.258. The van der Waals surface area contributed by atoms with Gasteiger partial charge in [-0.2, -0.15) is 9.97 Å². The maximum atomic E-state index is 5.70. The number of hydrogen-bond donors (Lipinski definition) is 3. The molecule has 2 aromatic rings. The van der Waals surface area contributed by atoms with Crippen LogP contribution in [0.3, 0.4) is 0 Å². The maximum absolute atomic E-state index is 5.70. The van der Waals surface area contributed by atoms with E-state index in [1.807, 2.05) is 44.2 Å². The molecule has 0 spiro atoms.